The van der Waals surface area contributed by atoms with Crippen LogP contribution in [0, 0.1) is 0 Å². The van der Waals surface area contributed by atoms with Gasteiger partial charge in [-0.15, -0.1) is 24.8 Å². The molecule has 2 rings (SSSR count). The zero-order valence-corrected chi connectivity index (χ0v) is 12.1. The van der Waals surface area contributed by atoms with Gasteiger partial charge in [0.25, 0.3) is 0 Å². The number of nitrogens with two attached hydrogens (primary N) is 1. The Bertz CT molecular complexity index is 263. The Morgan fingerprint density at radius 2 is 2.00 bits per heavy atom. The summed E-state index contributed by atoms with van der Waals surface area (Å²) in [5.74, 6) is 0.106. The average molecular weight is 284 g/mol. The van der Waals surface area contributed by atoms with Crippen LogP contribution in [0.4, 0.5) is 0 Å². The van der Waals surface area contributed by atoms with Gasteiger partial charge >= 0.3 is 0 Å². The molecule has 102 valence electrons. The molecule has 3 atom stereocenters. The SMILES string of the molecule is CC1CN2CCCC2CN1C(=O)[C@@H](C)N.Cl.Cl. The Balaban J connectivity index is 0.00000128. The first kappa shape index (κ1) is 17.0. The summed E-state index contributed by atoms with van der Waals surface area (Å²) in [5, 5.41) is 0. The van der Waals surface area contributed by atoms with Crippen molar-refractivity contribution < 1.29 is 4.79 Å². The van der Waals surface area contributed by atoms with E-state index in [9.17, 15) is 4.79 Å². The summed E-state index contributed by atoms with van der Waals surface area (Å²) in [6.07, 6.45) is 2.51. The smallest absolute Gasteiger partial charge is 0.239 e. The second-order valence-corrected chi connectivity index (χ2v) is 4.92. The molecule has 2 saturated heterocycles. The summed E-state index contributed by atoms with van der Waals surface area (Å²) >= 11 is 0. The summed E-state index contributed by atoms with van der Waals surface area (Å²) < 4.78 is 0. The van der Waals surface area contributed by atoms with E-state index >= 15 is 0 Å². The first-order chi connectivity index (χ1) is 7.09. The van der Waals surface area contributed by atoms with Crippen molar-refractivity contribution in [1.82, 2.24) is 9.80 Å². The van der Waals surface area contributed by atoms with Gasteiger partial charge in [-0.2, -0.15) is 0 Å². The molecule has 17 heavy (non-hydrogen) atoms. The number of nitrogens with zero attached hydrogens (tertiary/aromatic N) is 2. The number of hydrogen-bond donors (Lipinski definition) is 1. The molecule has 2 aliphatic rings. The van der Waals surface area contributed by atoms with Gasteiger partial charge < -0.3 is 10.6 Å². The lowest BCUT2D eigenvalue weighted by atomic mass is 10.1. The quantitative estimate of drug-likeness (QED) is 0.777. The number of fused-ring (bicyclic) bond motifs is 1. The third kappa shape index (κ3) is 3.47. The minimum Gasteiger partial charge on any atom is -0.336 e. The fourth-order valence-corrected chi connectivity index (χ4v) is 2.76. The molecule has 2 heterocycles. The summed E-state index contributed by atoms with van der Waals surface area (Å²) in [7, 11) is 0. The lowest BCUT2D eigenvalue weighted by molar-refractivity contribution is -0.137. The molecule has 2 N–H and O–H groups in total. The number of amides is 1. The maximum absolute atomic E-state index is 11.9. The monoisotopic (exact) mass is 283 g/mol. The van der Waals surface area contributed by atoms with Crippen molar-refractivity contribution in [3.63, 3.8) is 0 Å². The van der Waals surface area contributed by atoms with Crippen molar-refractivity contribution in [1.29, 1.82) is 0 Å². The van der Waals surface area contributed by atoms with Gasteiger partial charge in [0.05, 0.1) is 6.04 Å². The van der Waals surface area contributed by atoms with Gasteiger partial charge in [-0.05, 0) is 33.2 Å². The molecular formula is C11H23Cl2N3O. The van der Waals surface area contributed by atoms with Crippen LogP contribution in [0.3, 0.4) is 0 Å². The van der Waals surface area contributed by atoms with Gasteiger partial charge in [0, 0.05) is 25.2 Å². The molecule has 1 amide bonds. The lowest BCUT2D eigenvalue weighted by Crippen LogP contribution is -2.59. The Kier molecular flexibility index (Phi) is 6.77. The molecule has 0 aromatic carbocycles. The van der Waals surface area contributed by atoms with Crippen LogP contribution < -0.4 is 5.73 Å². The van der Waals surface area contributed by atoms with Crippen LogP contribution in [0.2, 0.25) is 0 Å². The van der Waals surface area contributed by atoms with E-state index in [0.717, 1.165) is 13.1 Å². The molecule has 0 aromatic heterocycles. The van der Waals surface area contributed by atoms with Gasteiger partial charge in [0.2, 0.25) is 5.91 Å². The number of rotatable bonds is 1. The van der Waals surface area contributed by atoms with Crippen LogP contribution in [0.15, 0.2) is 0 Å². The molecule has 2 unspecified atom stereocenters. The highest BCUT2D eigenvalue weighted by Gasteiger charge is 2.36. The minimum absolute atomic E-state index is 0. The van der Waals surface area contributed by atoms with E-state index in [1.807, 2.05) is 4.90 Å². The molecular weight excluding hydrogens is 261 g/mol. The van der Waals surface area contributed by atoms with Crippen LogP contribution in [-0.2, 0) is 4.79 Å². The third-order valence-electron chi connectivity index (χ3n) is 3.61. The van der Waals surface area contributed by atoms with Crippen molar-refractivity contribution in [3.8, 4) is 0 Å². The highest BCUT2D eigenvalue weighted by atomic mass is 35.5. The third-order valence-corrected chi connectivity index (χ3v) is 3.61. The predicted molar refractivity (Wildman–Crippen MR) is 73.9 cm³/mol. The largest absolute Gasteiger partial charge is 0.336 e. The predicted octanol–water partition coefficient (Wildman–Crippen LogP) is 0.872. The summed E-state index contributed by atoms with van der Waals surface area (Å²) in [6, 6.07) is 0.544. The molecule has 0 radical (unpaired) electrons. The Morgan fingerprint density at radius 3 is 2.59 bits per heavy atom. The molecule has 4 nitrogen and oxygen atoms in total. The zero-order valence-electron chi connectivity index (χ0n) is 10.5. The maximum Gasteiger partial charge on any atom is 0.239 e. The molecule has 0 aromatic rings. The highest BCUT2D eigenvalue weighted by Crippen LogP contribution is 2.24. The fraction of sp³-hybridized carbons (Fsp3) is 0.909. The number of carbonyl (C=O) groups excluding carboxylic acids is 1. The van der Waals surface area contributed by atoms with Gasteiger partial charge in [0.15, 0.2) is 0 Å². The lowest BCUT2D eigenvalue weighted by Gasteiger charge is -2.42. The van der Waals surface area contributed by atoms with Crippen LogP contribution in [0.5, 0.6) is 0 Å². The van der Waals surface area contributed by atoms with Crippen LogP contribution in [-0.4, -0.2) is 53.5 Å². The average Bonchev–Trinajstić information content (AvgIpc) is 2.62. The topological polar surface area (TPSA) is 49.6 Å². The normalized spacial score (nSPS) is 29.9. The molecule has 0 aliphatic carbocycles. The van der Waals surface area contributed by atoms with E-state index in [2.05, 4.69) is 11.8 Å². The number of piperazine rings is 1. The Hall–Kier alpha value is -0.0300. The van der Waals surface area contributed by atoms with Crippen molar-refractivity contribution in [3.05, 3.63) is 0 Å². The molecule has 0 saturated carbocycles. The van der Waals surface area contributed by atoms with Crippen molar-refractivity contribution in [2.24, 2.45) is 5.73 Å². The van der Waals surface area contributed by atoms with Gasteiger partial charge in [0.1, 0.15) is 0 Å². The van der Waals surface area contributed by atoms with E-state index in [0.29, 0.717) is 12.1 Å². The molecule has 2 fully saturated rings. The second kappa shape index (κ2) is 6.78. The van der Waals surface area contributed by atoms with Crippen molar-refractivity contribution in [2.75, 3.05) is 19.6 Å². The van der Waals surface area contributed by atoms with Crippen molar-refractivity contribution in [2.45, 2.75) is 44.8 Å². The van der Waals surface area contributed by atoms with E-state index in [-0.39, 0.29) is 36.8 Å². The number of hydrogen-bond acceptors (Lipinski definition) is 3. The molecule has 6 heteroatoms. The van der Waals surface area contributed by atoms with Gasteiger partial charge in [-0.1, -0.05) is 0 Å². The van der Waals surface area contributed by atoms with Gasteiger partial charge in [-0.3, -0.25) is 9.69 Å². The molecule has 0 bridgehead atoms. The highest BCUT2D eigenvalue weighted by molar-refractivity contribution is 5.85. The summed E-state index contributed by atoms with van der Waals surface area (Å²) in [6.45, 7) is 6.99. The zero-order chi connectivity index (χ0) is 11.0. The summed E-state index contributed by atoms with van der Waals surface area (Å²) in [5.41, 5.74) is 5.66. The van der Waals surface area contributed by atoms with E-state index in [1.165, 1.54) is 19.4 Å². The first-order valence-corrected chi connectivity index (χ1v) is 5.89. The van der Waals surface area contributed by atoms with Crippen LogP contribution in [0.25, 0.3) is 0 Å². The Morgan fingerprint density at radius 1 is 1.35 bits per heavy atom. The standard InChI is InChI=1S/C11H21N3O.2ClH/c1-8-6-13-5-3-4-10(13)7-14(8)11(15)9(2)12;;/h8-10H,3-7,12H2,1-2H3;2*1H/t8?,9-,10?;;/m1../s1. The van der Waals surface area contributed by atoms with E-state index < -0.39 is 0 Å². The second-order valence-electron chi connectivity index (χ2n) is 4.92. The summed E-state index contributed by atoms with van der Waals surface area (Å²) in [4.78, 5) is 16.4. The molecule has 0 spiro atoms. The number of carbonyl (C=O) groups is 1. The van der Waals surface area contributed by atoms with Crippen LogP contribution in [0.1, 0.15) is 26.7 Å². The first-order valence-electron chi connectivity index (χ1n) is 5.89. The minimum atomic E-state index is -0.361. The van der Waals surface area contributed by atoms with E-state index in [1.54, 1.807) is 6.92 Å². The van der Waals surface area contributed by atoms with Crippen molar-refractivity contribution >= 4 is 30.7 Å². The van der Waals surface area contributed by atoms with E-state index in [4.69, 9.17) is 5.73 Å². The van der Waals surface area contributed by atoms with Crippen LogP contribution >= 0.6 is 24.8 Å². The maximum atomic E-state index is 11.9. The number of halogens is 2. The van der Waals surface area contributed by atoms with Gasteiger partial charge in [-0.25, -0.2) is 0 Å². The Labute approximate surface area is 116 Å². The molecule has 2 aliphatic heterocycles. The fourth-order valence-electron chi connectivity index (χ4n) is 2.76.